The van der Waals surface area contributed by atoms with Crippen molar-refractivity contribution in [2.75, 3.05) is 5.75 Å². The Morgan fingerprint density at radius 3 is 2.48 bits per heavy atom. The van der Waals surface area contributed by atoms with Crippen LogP contribution < -0.4 is 0 Å². The van der Waals surface area contributed by atoms with Crippen LogP contribution in [0.4, 0.5) is 17.6 Å². The summed E-state index contributed by atoms with van der Waals surface area (Å²) in [6.45, 7) is 1.32. The number of carbonyl (C=O) groups is 1. The van der Waals surface area contributed by atoms with Crippen LogP contribution >= 0.6 is 11.8 Å². The number of benzene rings is 1. The van der Waals surface area contributed by atoms with Gasteiger partial charge in [-0.2, -0.15) is 13.2 Å². The molecule has 21 heavy (non-hydrogen) atoms. The molecule has 0 fully saturated rings. The Bertz CT molecular complexity index is 505. The fourth-order valence-electron chi connectivity index (χ4n) is 1.64. The van der Waals surface area contributed by atoms with Crippen LogP contribution in [0.5, 0.6) is 0 Å². The van der Waals surface area contributed by atoms with Crippen molar-refractivity contribution in [3.05, 3.63) is 35.1 Å². The monoisotopic (exact) mass is 326 g/mol. The van der Waals surface area contributed by atoms with Gasteiger partial charge in [0.15, 0.2) is 5.12 Å². The van der Waals surface area contributed by atoms with Crippen molar-refractivity contribution in [3.63, 3.8) is 0 Å². The summed E-state index contributed by atoms with van der Waals surface area (Å²) in [4.78, 5) is 10.7. The topological polar surface area (TPSA) is 57.5 Å². The van der Waals surface area contributed by atoms with Crippen LogP contribution in [0.15, 0.2) is 18.2 Å². The summed E-state index contributed by atoms with van der Waals surface area (Å²) in [5, 5.41) is 19.3. The van der Waals surface area contributed by atoms with E-state index in [4.69, 9.17) is 0 Å². The van der Waals surface area contributed by atoms with Crippen molar-refractivity contribution < 1.29 is 32.6 Å². The molecule has 2 unspecified atom stereocenters. The molecule has 2 atom stereocenters. The van der Waals surface area contributed by atoms with Gasteiger partial charge in [-0.1, -0.05) is 11.8 Å². The van der Waals surface area contributed by atoms with Gasteiger partial charge in [-0.05, 0) is 24.6 Å². The van der Waals surface area contributed by atoms with E-state index in [9.17, 15) is 32.6 Å². The molecular weight excluding hydrogens is 312 g/mol. The summed E-state index contributed by atoms with van der Waals surface area (Å²) in [5.74, 6) is -0.859. The molecule has 0 spiro atoms. The lowest BCUT2D eigenvalue weighted by Crippen LogP contribution is -2.21. The molecule has 0 saturated carbocycles. The Morgan fingerprint density at radius 2 is 1.95 bits per heavy atom. The molecule has 3 nitrogen and oxygen atoms in total. The van der Waals surface area contributed by atoms with E-state index in [1.807, 2.05) is 0 Å². The van der Waals surface area contributed by atoms with Gasteiger partial charge in [-0.25, -0.2) is 4.39 Å². The van der Waals surface area contributed by atoms with Gasteiger partial charge in [0.1, 0.15) is 11.9 Å². The number of thioether (sulfide) groups is 1. The number of rotatable bonds is 5. The number of hydrogen-bond acceptors (Lipinski definition) is 4. The second kappa shape index (κ2) is 7.24. The molecule has 0 amide bonds. The predicted octanol–water partition coefficient (Wildman–Crippen LogP) is 2.91. The highest BCUT2D eigenvalue weighted by molar-refractivity contribution is 8.13. The molecule has 0 aliphatic rings. The minimum absolute atomic E-state index is 0.0545. The average molecular weight is 326 g/mol. The van der Waals surface area contributed by atoms with Gasteiger partial charge < -0.3 is 10.2 Å². The quantitative estimate of drug-likeness (QED) is 0.817. The molecule has 1 aromatic rings. The minimum atomic E-state index is -4.67. The van der Waals surface area contributed by atoms with Gasteiger partial charge in [-0.15, -0.1) is 0 Å². The van der Waals surface area contributed by atoms with Crippen molar-refractivity contribution >= 4 is 16.9 Å². The lowest BCUT2D eigenvalue weighted by molar-refractivity contribution is -0.137. The molecule has 2 N–H and O–H groups in total. The fraction of sp³-hybridized carbons (Fsp3) is 0.462. The van der Waals surface area contributed by atoms with E-state index in [1.165, 1.54) is 6.92 Å². The Balaban J connectivity index is 2.85. The van der Waals surface area contributed by atoms with Gasteiger partial charge in [0.05, 0.1) is 11.7 Å². The summed E-state index contributed by atoms with van der Waals surface area (Å²) >= 11 is 0.900. The van der Waals surface area contributed by atoms with Gasteiger partial charge in [0.2, 0.25) is 0 Å². The number of carbonyl (C=O) groups excluding carboxylic acids is 1. The number of alkyl halides is 3. The Morgan fingerprint density at radius 1 is 1.33 bits per heavy atom. The highest BCUT2D eigenvalue weighted by Gasteiger charge is 2.32. The third-order valence-electron chi connectivity index (χ3n) is 2.73. The lowest BCUT2D eigenvalue weighted by atomic mass is 9.99. The Kier molecular flexibility index (Phi) is 6.18. The highest BCUT2D eigenvalue weighted by Crippen LogP contribution is 2.33. The van der Waals surface area contributed by atoms with Gasteiger partial charge >= 0.3 is 6.18 Å². The highest BCUT2D eigenvalue weighted by atomic mass is 32.2. The molecule has 0 aliphatic carbocycles. The molecule has 0 aliphatic heterocycles. The van der Waals surface area contributed by atoms with E-state index in [0.29, 0.717) is 18.2 Å². The molecule has 1 aromatic carbocycles. The Labute approximate surface area is 123 Å². The van der Waals surface area contributed by atoms with Gasteiger partial charge in [0, 0.05) is 18.2 Å². The van der Waals surface area contributed by atoms with Crippen LogP contribution in [0, 0.1) is 5.82 Å². The molecule has 0 saturated heterocycles. The van der Waals surface area contributed by atoms with E-state index < -0.39 is 35.3 Å². The zero-order valence-electron chi connectivity index (χ0n) is 11.0. The van der Waals surface area contributed by atoms with Crippen LogP contribution in [0.1, 0.15) is 30.6 Å². The molecular formula is C13H14F4O3S. The summed E-state index contributed by atoms with van der Waals surface area (Å²) < 4.78 is 51.2. The van der Waals surface area contributed by atoms with E-state index >= 15 is 0 Å². The van der Waals surface area contributed by atoms with Crippen molar-refractivity contribution in [3.8, 4) is 0 Å². The second-order valence-electron chi connectivity index (χ2n) is 4.37. The van der Waals surface area contributed by atoms with Crippen LogP contribution in [0.25, 0.3) is 0 Å². The van der Waals surface area contributed by atoms with Crippen LogP contribution in [0.3, 0.4) is 0 Å². The van der Waals surface area contributed by atoms with E-state index in [0.717, 1.165) is 11.8 Å². The standard InChI is InChI=1S/C13H14F4O3S/c1-7(18)21-5-4-11(19)12(20)9-6-8(13(15,16)17)2-3-10(9)14/h2-3,6,11-12,19-20H,4-5H2,1H3. The molecule has 0 aromatic heterocycles. The Hall–Kier alpha value is -1.12. The zero-order chi connectivity index (χ0) is 16.2. The molecule has 0 bridgehead atoms. The molecule has 8 heteroatoms. The van der Waals surface area contributed by atoms with Gasteiger partial charge in [0.25, 0.3) is 0 Å². The molecule has 0 radical (unpaired) electrons. The summed E-state index contributed by atoms with van der Waals surface area (Å²) in [6, 6.07) is 1.63. The van der Waals surface area contributed by atoms with Crippen molar-refractivity contribution in [2.24, 2.45) is 0 Å². The maximum absolute atomic E-state index is 13.5. The molecule has 0 heterocycles. The smallest absolute Gasteiger partial charge is 0.390 e. The molecule has 1 rings (SSSR count). The van der Waals surface area contributed by atoms with E-state index in [2.05, 4.69) is 0 Å². The van der Waals surface area contributed by atoms with E-state index in [-0.39, 0.29) is 17.3 Å². The summed E-state index contributed by atoms with van der Waals surface area (Å²) in [6.07, 6.45) is -7.98. The maximum atomic E-state index is 13.5. The van der Waals surface area contributed by atoms with Crippen molar-refractivity contribution in [1.82, 2.24) is 0 Å². The van der Waals surface area contributed by atoms with E-state index in [1.54, 1.807) is 0 Å². The summed E-state index contributed by atoms with van der Waals surface area (Å²) in [7, 11) is 0. The summed E-state index contributed by atoms with van der Waals surface area (Å²) in [5.41, 5.74) is -1.73. The first kappa shape index (κ1) is 17.9. The average Bonchev–Trinajstić information content (AvgIpc) is 2.36. The maximum Gasteiger partial charge on any atom is 0.416 e. The van der Waals surface area contributed by atoms with Crippen molar-refractivity contribution in [1.29, 1.82) is 0 Å². The number of aliphatic hydroxyl groups excluding tert-OH is 2. The van der Waals surface area contributed by atoms with Crippen LogP contribution in [-0.2, 0) is 11.0 Å². The van der Waals surface area contributed by atoms with Crippen LogP contribution in [0.2, 0.25) is 0 Å². The first-order valence-corrected chi connectivity index (χ1v) is 6.97. The fourth-order valence-corrected chi connectivity index (χ4v) is 2.28. The third kappa shape index (κ3) is 5.29. The predicted molar refractivity (Wildman–Crippen MR) is 70.1 cm³/mol. The number of aliphatic hydroxyl groups is 2. The zero-order valence-corrected chi connectivity index (χ0v) is 11.8. The van der Waals surface area contributed by atoms with Gasteiger partial charge in [-0.3, -0.25) is 4.79 Å². The van der Waals surface area contributed by atoms with Crippen molar-refractivity contribution in [2.45, 2.75) is 31.7 Å². The first-order chi connectivity index (χ1) is 9.62. The van der Waals surface area contributed by atoms with Crippen LogP contribution in [-0.4, -0.2) is 27.2 Å². The second-order valence-corrected chi connectivity index (χ2v) is 5.65. The number of halogens is 4. The normalized spacial score (nSPS) is 14.8. The third-order valence-corrected chi connectivity index (χ3v) is 3.57. The molecule has 118 valence electrons. The lowest BCUT2D eigenvalue weighted by Gasteiger charge is -2.19. The SMILES string of the molecule is CC(=O)SCCC(O)C(O)c1cc(C(F)(F)F)ccc1F. The minimum Gasteiger partial charge on any atom is -0.390 e. The first-order valence-electron chi connectivity index (χ1n) is 5.99. The number of hydrogen-bond donors (Lipinski definition) is 2. The largest absolute Gasteiger partial charge is 0.416 e.